The van der Waals surface area contributed by atoms with Gasteiger partial charge in [0.15, 0.2) is 0 Å². The molecule has 1 aliphatic carbocycles. The molecule has 2 fully saturated rings. The van der Waals surface area contributed by atoms with Crippen molar-refractivity contribution >= 4 is 5.91 Å². The second kappa shape index (κ2) is 5.80. The zero-order chi connectivity index (χ0) is 12.3. The van der Waals surface area contributed by atoms with E-state index >= 15 is 0 Å². The van der Waals surface area contributed by atoms with Crippen LogP contribution in [0.2, 0.25) is 0 Å². The van der Waals surface area contributed by atoms with Crippen LogP contribution in [-0.2, 0) is 9.53 Å². The Morgan fingerprint density at radius 3 is 2.88 bits per heavy atom. The van der Waals surface area contributed by atoms with Gasteiger partial charge >= 0.3 is 0 Å². The van der Waals surface area contributed by atoms with E-state index in [0.29, 0.717) is 25.7 Å². The van der Waals surface area contributed by atoms with Crippen molar-refractivity contribution in [1.82, 2.24) is 5.32 Å². The summed E-state index contributed by atoms with van der Waals surface area (Å²) in [5, 5.41) is 12.5. The summed E-state index contributed by atoms with van der Waals surface area (Å²) in [6.45, 7) is 1.56. The first-order chi connectivity index (χ1) is 8.16. The van der Waals surface area contributed by atoms with Gasteiger partial charge in [-0.15, -0.1) is 0 Å². The quantitative estimate of drug-likeness (QED) is 0.630. The SMILES string of the molecule is NC1COCC1C(=O)NCC1CCCC(O)C1. The highest BCUT2D eigenvalue weighted by Crippen LogP contribution is 2.23. The van der Waals surface area contributed by atoms with Crippen molar-refractivity contribution in [2.24, 2.45) is 17.6 Å². The molecule has 0 radical (unpaired) electrons. The van der Waals surface area contributed by atoms with Gasteiger partial charge in [-0.3, -0.25) is 4.79 Å². The molecule has 1 heterocycles. The van der Waals surface area contributed by atoms with Gasteiger partial charge in [-0.1, -0.05) is 6.42 Å². The Balaban J connectivity index is 1.72. The summed E-state index contributed by atoms with van der Waals surface area (Å²) in [5.74, 6) is 0.194. The highest BCUT2D eigenvalue weighted by atomic mass is 16.5. The highest BCUT2D eigenvalue weighted by molar-refractivity contribution is 5.79. The number of nitrogens with one attached hydrogen (secondary N) is 1. The predicted octanol–water partition coefficient (Wildman–Crippen LogP) is -0.373. The van der Waals surface area contributed by atoms with Crippen molar-refractivity contribution in [1.29, 1.82) is 0 Å². The van der Waals surface area contributed by atoms with E-state index in [4.69, 9.17) is 10.5 Å². The third kappa shape index (κ3) is 3.40. The van der Waals surface area contributed by atoms with Crippen LogP contribution in [0.5, 0.6) is 0 Å². The number of rotatable bonds is 3. The molecule has 4 N–H and O–H groups in total. The lowest BCUT2D eigenvalue weighted by molar-refractivity contribution is -0.125. The number of aliphatic hydroxyl groups excluding tert-OH is 1. The first kappa shape index (κ1) is 12.8. The van der Waals surface area contributed by atoms with Crippen molar-refractivity contribution in [3.63, 3.8) is 0 Å². The van der Waals surface area contributed by atoms with E-state index in [1.54, 1.807) is 0 Å². The van der Waals surface area contributed by atoms with Crippen LogP contribution in [0.15, 0.2) is 0 Å². The molecule has 0 spiro atoms. The molecule has 17 heavy (non-hydrogen) atoms. The van der Waals surface area contributed by atoms with Crippen LogP contribution in [0.25, 0.3) is 0 Å². The van der Waals surface area contributed by atoms with E-state index in [1.807, 2.05) is 0 Å². The number of carbonyl (C=O) groups is 1. The van der Waals surface area contributed by atoms with Gasteiger partial charge in [0.2, 0.25) is 5.91 Å². The number of nitrogens with two attached hydrogens (primary N) is 1. The fourth-order valence-corrected chi connectivity index (χ4v) is 2.67. The van der Waals surface area contributed by atoms with Crippen molar-refractivity contribution in [3.8, 4) is 0 Å². The maximum absolute atomic E-state index is 11.8. The molecular formula is C12H22N2O3. The van der Waals surface area contributed by atoms with Crippen LogP contribution in [0.4, 0.5) is 0 Å². The van der Waals surface area contributed by atoms with Crippen LogP contribution < -0.4 is 11.1 Å². The van der Waals surface area contributed by atoms with Crippen molar-refractivity contribution in [3.05, 3.63) is 0 Å². The first-order valence-corrected chi connectivity index (χ1v) is 6.46. The molecule has 5 heteroatoms. The molecule has 2 rings (SSSR count). The summed E-state index contributed by atoms with van der Waals surface area (Å²) in [5.41, 5.74) is 5.78. The van der Waals surface area contributed by atoms with Crippen LogP contribution in [0.3, 0.4) is 0 Å². The minimum atomic E-state index is -0.205. The standard InChI is InChI=1S/C12H22N2O3/c13-11-7-17-6-10(11)12(16)14-5-8-2-1-3-9(15)4-8/h8-11,15H,1-7,13H2,(H,14,16). The Bertz CT molecular complexity index is 272. The van der Waals surface area contributed by atoms with E-state index in [0.717, 1.165) is 25.7 Å². The summed E-state index contributed by atoms with van der Waals surface area (Å²) in [6, 6.07) is -0.174. The fraction of sp³-hybridized carbons (Fsp3) is 0.917. The minimum absolute atomic E-state index is 0.00457. The molecule has 1 amide bonds. The number of carbonyl (C=O) groups excluding carboxylic acids is 1. The summed E-state index contributed by atoms with van der Waals surface area (Å²) in [7, 11) is 0. The van der Waals surface area contributed by atoms with Crippen LogP contribution >= 0.6 is 0 Å². The third-order valence-corrected chi connectivity index (χ3v) is 3.78. The molecule has 98 valence electrons. The normalized spacial score (nSPS) is 38.0. The molecule has 1 saturated carbocycles. The molecule has 2 aliphatic rings. The van der Waals surface area contributed by atoms with Crippen LogP contribution in [-0.4, -0.2) is 42.9 Å². The molecular weight excluding hydrogens is 220 g/mol. The van der Waals surface area contributed by atoms with Gasteiger partial charge in [0.25, 0.3) is 0 Å². The Morgan fingerprint density at radius 2 is 2.24 bits per heavy atom. The third-order valence-electron chi connectivity index (χ3n) is 3.78. The lowest BCUT2D eigenvalue weighted by Gasteiger charge is -2.26. The molecule has 4 atom stereocenters. The minimum Gasteiger partial charge on any atom is -0.393 e. The summed E-state index contributed by atoms with van der Waals surface area (Å²) in [6.07, 6.45) is 3.64. The zero-order valence-corrected chi connectivity index (χ0v) is 10.1. The van der Waals surface area contributed by atoms with Crippen molar-refractivity contribution in [2.45, 2.75) is 37.8 Å². The van der Waals surface area contributed by atoms with Crippen LogP contribution in [0.1, 0.15) is 25.7 Å². The Labute approximate surface area is 102 Å². The molecule has 0 bridgehead atoms. The topological polar surface area (TPSA) is 84.6 Å². The van der Waals surface area contributed by atoms with E-state index < -0.39 is 0 Å². The van der Waals surface area contributed by atoms with E-state index in [9.17, 15) is 9.90 Å². The average Bonchev–Trinajstić information content (AvgIpc) is 2.72. The Hall–Kier alpha value is -0.650. The van der Waals surface area contributed by atoms with Gasteiger partial charge in [-0.2, -0.15) is 0 Å². The maximum atomic E-state index is 11.8. The fourth-order valence-electron chi connectivity index (χ4n) is 2.67. The lowest BCUT2D eigenvalue weighted by Crippen LogP contribution is -2.43. The van der Waals surface area contributed by atoms with Gasteiger partial charge < -0.3 is 20.9 Å². The van der Waals surface area contributed by atoms with Gasteiger partial charge in [-0.05, 0) is 25.2 Å². The average molecular weight is 242 g/mol. The molecule has 1 saturated heterocycles. The maximum Gasteiger partial charge on any atom is 0.227 e. The molecule has 0 aromatic carbocycles. The largest absolute Gasteiger partial charge is 0.393 e. The van der Waals surface area contributed by atoms with E-state index in [1.165, 1.54) is 0 Å². The second-order valence-electron chi connectivity index (χ2n) is 5.24. The van der Waals surface area contributed by atoms with Crippen molar-refractivity contribution in [2.75, 3.05) is 19.8 Å². The predicted molar refractivity (Wildman–Crippen MR) is 63.3 cm³/mol. The lowest BCUT2D eigenvalue weighted by atomic mass is 9.87. The number of aliphatic hydroxyl groups is 1. The first-order valence-electron chi connectivity index (χ1n) is 6.46. The summed E-state index contributed by atoms with van der Waals surface area (Å²) >= 11 is 0. The number of hydrogen-bond donors (Lipinski definition) is 3. The Kier molecular flexibility index (Phi) is 4.36. The Morgan fingerprint density at radius 1 is 1.41 bits per heavy atom. The number of ether oxygens (including phenoxy) is 1. The van der Waals surface area contributed by atoms with Gasteiger partial charge in [0, 0.05) is 12.6 Å². The number of hydrogen-bond acceptors (Lipinski definition) is 4. The van der Waals surface area contributed by atoms with Crippen molar-refractivity contribution < 1.29 is 14.6 Å². The molecule has 1 aliphatic heterocycles. The van der Waals surface area contributed by atoms with Gasteiger partial charge in [0.1, 0.15) is 0 Å². The molecule has 0 aromatic rings. The zero-order valence-electron chi connectivity index (χ0n) is 10.1. The molecule has 5 nitrogen and oxygen atoms in total. The molecule has 0 aromatic heterocycles. The van der Waals surface area contributed by atoms with E-state index in [2.05, 4.69) is 5.32 Å². The van der Waals surface area contributed by atoms with Gasteiger partial charge in [0.05, 0.1) is 25.2 Å². The number of amides is 1. The van der Waals surface area contributed by atoms with E-state index in [-0.39, 0.29) is 24.0 Å². The summed E-state index contributed by atoms with van der Waals surface area (Å²) < 4.78 is 5.17. The second-order valence-corrected chi connectivity index (χ2v) is 5.24. The van der Waals surface area contributed by atoms with Gasteiger partial charge in [-0.25, -0.2) is 0 Å². The smallest absolute Gasteiger partial charge is 0.227 e. The monoisotopic (exact) mass is 242 g/mol. The highest BCUT2D eigenvalue weighted by Gasteiger charge is 2.31. The van der Waals surface area contributed by atoms with Crippen LogP contribution in [0, 0.1) is 11.8 Å². The molecule has 4 unspecified atom stereocenters. The summed E-state index contributed by atoms with van der Waals surface area (Å²) in [4.78, 5) is 11.8.